The van der Waals surface area contributed by atoms with Gasteiger partial charge in [-0.15, -0.1) is 0 Å². The SMILES string of the molecule is CCc1c(N2CCCC(NC(=O)OC(C)(C)C)C2C)cnc(C#N)c1Cl. The van der Waals surface area contributed by atoms with Gasteiger partial charge >= 0.3 is 6.09 Å². The summed E-state index contributed by atoms with van der Waals surface area (Å²) < 4.78 is 5.39. The first-order valence-corrected chi connectivity index (χ1v) is 9.39. The summed E-state index contributed by atoms with van der Waals surface area (Å²) in [6, 6.07) is 2.07. The molecule has 1 aromatic heterocycles. The van der Waals surface area contributed by atoms with Crippen molar-refractivity contribution in [1.29, 1.82) is 5.26 Å². The number of piperidine rings is 1. The average Bonchev–Trinajstić information content (AvgIpc) is 2.55. The Morgan fingerprint density at radius 1 is 1.54 bits per heavy atom. The number of hydrogen-bond donors (Lipinski definition) is 1. The number of rotatable bonds is 3. The van der Waals surface area contributed by atoms with Crippen molar-refractivity contribution in [3.05, 3.63) is 22.5 Å². The van der Waals surface area contributed by atoms with Crippen LogP contribution in [0.5, 0.6) is 0 Å². The van der Waals surface area contributed by atoms with Crippen molar-refractivity contribution in [3.63, 3.8) is 0 Å². The summed E-state index contributed by atoms with van der Waals surface area (Å²) >= 11 is 6.37. The van der Waals surface area contributed by atoms with Gasteiger partial charge in [-0.2, -0.15) is 5.26 Å². The van der Waals surface area contributed by atoms with E-state index in [2.05, 4.69) is 22.1 Å². The fourth-order valence-corrected chi connectivity index (χ4v) is 3.63. The quantitative estimate of drug-likeness (QED) is 0.858. The molecule has 1 aliphatic heterocycles. The van der Waals surface area contributed by atoms with Crippen molar-refractivity contribution < 1.29 is 9.53 Å². The van der Waals surface area contributed by atoms with Gasteiger partial charge in [0.2, 0.25) is 0 Å². The van der Waals surface area contributed by atoms with Crippen LogP contribution < -0.4 is 10.2 Å². The molecule has 1 N–H and O–H groups in total. The first-order chi connectivity index (χ1) is 12.2. The van der Waals surface area contributed by atoms with Crippen LogP contribution >= 0.6 is 11.6 Å². The van der Waals surface area contributed by atoms with Crippen LogP contribution in [-0.2, 0) is 11.2 Å². The minimum Gasteiger partial charge on any atom is -0.444 e. The molecule has 1 fully saturated rings. The van der Waals surface area contributed by atoms with Crippen molar-refractivity contribution in [1.82, 2.24) is 10.3 Å². The number of carbonyl (C=O) groups is 1. The highest BCUT2D eigenvalue weighted by Crippen LogP contribution is 2.33. The molecular weight excluding hydrogens is 352 g/mol. The van der Waals surface area contributed by atoms with Crippen LogP contribution in [0.1, 0.15) is 58.7 Å². The molecule has 142 valence electrons. The molecule has 1 amide bonds. The predicted molar refractivity (Wildman–Crippen MR) is 103 cm³/mol. The van der Waals surface area contributed by atoms with Gasteiger partial charge in [-0.05, 0) is 52.5 Å². The Hall–Kier alpha value is -2.00. The van der Waals surface area contributed by atoms with Gasteiger partial charge in [-0.1, -0.05) is 18.5 Å². The summed E-state index contributed by atoms with van der Waals surface area (Å²) in [5, 5.41) is 12.6. The fourth-order valence-electron chi connectivity index (χ4n) is 3.31. The normalized spacial score (nSPS) is 20.4. The predicted octanol–water partition coefficient (Wildman–Crippen LogP) is 4.05. The lowest BCUT2D eigenvalue weighted by molar-refractivity contribution is 0.0489. The molecule has 0 spiro atoms. The Morgan fingerprint density at radius 2 is 2.23 bits per heavy atom. The summed E-state index contributed by atoms with van der Waals surface area (Å²) in [6.07, 6.45) is 3.85. The molecule has 2 heterocycles. The van der Waals surface area contributed by atoms with Gasteiger partial charge in [-0.3, -0.25) is 0 Å². The molecule has 1 aromatic rings. The molecule has 2 unspecified atom stereocenters. The Morgan fingerprint density at radius 3 is 2.81 bits per heavy atom. The van der Waals surface area contributed by atoms with Crippen molar-refractivity contribution in [3.8, 4) is 6.07 Å². The number of amides is 1. The van der Waals surface area contributed by atoms with Crippen molar-refractivity contribution >= 4 is 23.4 Å². The van der Waals surface area contributed by atoms with Gasteiger partial charge in [-0.25, -0.2) is 9.78 Å². The van der Waals surface area contributed by atoms with E-state index in [1.54, 1.807) is 6.20 Å². The molecule has 6 nitrogen and oxygen atoms in total. The standard InChI is InChI=1S/C19H27ClN4O2/c1-6-13-16(11-22-15(10-21)17(13)20)24-9-7-8-14(12(24)2)23-18(25)26-19(3,4)5/h11-12,14H,6-9H2,1-5H3,(H,23,25). The molecule has 0 radical (unpaired) electrons. The number of carbonyl (C=O) groups excluding carboxylic acids is 1. The highest BCUT2D eigenvalue weighted by Gasteiger charge is 2.32. The number of aromatic nitrogens is 1. The lowest BCUT2D eigenvalue weighted by Gasteiger charge is -2.42. The molecule has 0 bridgehead atoms. The second kappa shape index (κ2) is 8.13. The third kappa shape index (κ3) is 4.59. The largest absolute Gasteiger partial charge is 0.444 e. The Balaban J connectivity index is 2.22. The second-order valence-electron chi connectivity index (χ2n) is 7.58. The first kappa shape index (κ1) is 20.3. The highest BCUT2D eigenvalue weighted by atomic mass is 35.5. The smallest absolute Gasteiger partial charge is 0.407 e. The fraction of sp³-hybridized carbons (Fsp3) is 0.632. The number of nitrogens with zero attached hydrogens (tertiary/aromatic N) is 3. The number of nitrogens with one attached hydrogen (secondary N) is 1. The Kier molecular flexibility index (Phi) is 6.35. The molecule has 0 aliphatic carbocycles. The zero-order valence-electron chi connectivity index (χ0n) is 16.1. The van der Waals surface area contributed by atoms with E-state index in [0.717, 1.165) is 30.6 Å². The second-order valence-corrected chi connectivity index (χ2v) is 7.96. The van der Waals surface area contributed by atoms with Crippen LogP contribution in [0.3, 0.4) is 0 Å². The van der Waals surface area contributed by atoms with E-state index in [1.165, 1.54) is 0 Å². The summed E-state index contributed by atoms with van der Waals surface area (Å²) in [7, 11) is 0. The zero-order chi connectivity index (χ0) is 19.5. The van der Waals surface area contributed by atoms with Crippen LogP contribution in [0.4, 0.5) is 10.5 Å². The monoisotopic (exact) mass is 378 g/mol. The molecule has 0 saturated carbocycles. The number of ether oxygens (including phenoxy) is 1. The maximum atomic E-state index is 12.2. The topological polar surface area (TPSA) is 78.2 Å². The number of halogens is 1. The molecule has 2 atom stereocenters. The van der Waals surface area contributed by atoms with Gasteiger partial charge < -0.3 is 15.0 Å². The average molecular weight is 379 g/mol. The molecule has 26 heavy (non-hydrogen) atoms. The van der Waals surface area contributed by atoms with Crippen molar-refractivity contribution in [2.24, 2.45) is 0 Å². The maximum absolute atomic E-state index is 12.2. The van der Waals surface area contributed by atoms with Crippen LogP contribution in [0.2, 0.25) is 5.02 Å². The number of anilines is 1. The number of pyridine rings is 1. The summed E-state index contributed by atoms with van der Waals surface area (Å²) in [6.45, 7) is 10.5. The Labute approximate surface area is 160 Å². The molecule has 0 aromatic carbocycles. The zero-order valence-corrected chi connectivity index (χ0v) is 16.9. The molecule has 1 aliphatic rings. The summed E-state index contributed by atoms with van der Waals surface area (Å²) in [4.78, 5) is 18.6. The van der Waals surface area contributed by atoms with Crippen LogP contribution in [0.15, 0.2) is 6.20 Å². The van der Waals surface area contributed by atoms with E-state index >= 15 is 0 Å². The van der Waals surface area contributed by atoms with Crippen LogP contribution in [0, 0.1) is 11.3 Å². The van der Waals surface area contributed by atoms with E-state index in [-0.39, 0.29) is 17.8 Å². The number of hydrogen-bond acceptors (Lipinski definition) is 5. The molecular formula is C19H27ClN4O2. The van der Waals surface area contributed by atoms with Gasteiger partial charge in [0.15, 0.2) is 5.69 Å². The summed E-state index contributed by atoms with van der Waals surface area (Å²) in [5.74, 6) is 0. The third-order valence-electron chi connectivity index (χ3n) is 4.56. The highest BCUT2D eigenvalue weighted by molar-refractivity contribution is 6.32. The minimum atomic E-state index is -0.526. The lowest BCUT2D eigenvalue weighted by atomic mass is 9.96. The van der Waals surface area contributed by atoms with E-state index in [1.807, 2.05) is 33.8 Å². The van der Waals surface area contributed by atoms with Gasteiger partial charge in [0, 0.05) is 12.6 Å². The van der Waals surface area contributed by atoms with E-state index in [4.69, 9.17) is 21.6 Å². The molecule has 2 rings (SSSR count). The van der Waals surface area contributed by atoms with E-state index in [9.17, 15) is 4.79 Å². The van der Waals surface area contributed by atoms with Gasteiger partial charge in [0.05, 0.1) is 22.9 Å². The number of alkyl carbamates (subject to hydrolysis) is 1. The van der Waals surface area contributed by atoms with Crippen molar-refractivity contribution in [2.45, 2.75) is 71.6 Å². The lowest BCUT2D eigenvalue weighted by Crippen LogP contribution is -2.55. The van der Waals surface area contributed by atoms with Crippen LogP contribution in [-0.4, -0.2) is 35.3 Å². The van der Waals surface area contributed by atoms with Gasteiger partial charge in [0.25, 0.3) is 0 Å². The summed E-state index contributed by atoms with van der Waals surface area (Å²) in [5.41, 5.74) is 1.57. The van der Waals surface area contributed by atoms with E-state index < -0.39 is 11.7 Å². The molecule has 1 saturated heterocycles. The van der Waals surface area contributed by atoms with Crippen molar-refractivity contribution in [2.75, 3.05) is 11.4 Å². The van der Waals surface area contributed by atoms with E-state index in [0.29, 0.717) is 11.4 Å². The molecule has 7 heteroatoms. The maximum Gasteiger partial charge on any atom is 0.407 e. The van der Waals surface area contributed by atoms with Crippen LogP contribution in [0.25, 0.3) is 0 Å². The first-order valence-electron chi connectivity index (χ1n) is 9.01. The minimum absolute atomic E-state index is 0.0299. The Bertz CT molecular complexity index is 709. The van der Waals surface area contributed by atoms with Gasteiger partial charge in [0.1, 0.15) is 11.7 Å². The number of nitriles is 1. The third-order valence-corrected chi connectivity index (χ3v) is 4.96.